The number of hydrogen-bond donors (Lipinski definition) is 2. The summed E-state index contributed by atoms with van der Waals surface area (Å²) in [6, 6.07) is 16.0. The van der Waals surface area contributed by atoms with E-state index in [-0.39, 0.29) is 18.4 Å². The Balaban J connectivity index is 1.99. The van der Waals surface area contributed by atoms with Crippen molar-refractivity contribution in [2.45, 2.75) is 58.1 Å². The number of carbonyl (C=O) groups is 1. The second-order valence-corrected chi connectivity index (χ2v) is 8.90. The molecule has 2 aromatic carbocycles. The molecule has 0 bridgehead atoms. The van der Waals surface area contributed by atoms with E-state index < -0.39 is 5.97 Å². The first-order valence-corrected chi connectivity index (χ1v) is 12.0. The van der Waals surface area contributed by atoms with Crippen molar-refractivity contribution in [1.82, 2.24) is 0 Å². The first-order chi connectivity index (χ1) is 16.4. The molecule has 182 valence electrons. The Hall–Kier alpha value is -3.08. The van der Waals surface area contributed by atoms with Crippen LogP contribution in [-0.2, 0) is 14.3 Å². The molecule has 1 unspecified atom stereocenters. The van der Waals surface area contributed by atoms with Gasteiger partial charge in [-0.1, -0.05) is 6.07 Å². The molecule has 34 heavy (non-hydrogen) atoms. The van der Waals surface area contributed by atoms with E-state index in [1.54, 1.807) is 12.1 Å². The largest absolute Gasteiger partial charge is 0.481 e. The average molecular weight is 466 g/mol. The summed E-state index contributed by atoms with van der Waals surface area (Å²) in [7, 11) is 0. The Morgan fingerprint density at radius 3 is 2.53 bits per heavy atom. The molecule has 0 spiro atoms. The van der Waals surface area contributed by atoms with Crippen LogP contribution in [0.2, 0.25) is 0 Å². The van der Waals surface area contributed by atoms with E-state index in [2.05, 4.69) is 29.3 Å². The van der Waals surface area contributed by atoms with Gasteiger partial charge in [0.1, 0.15) is 0 Å². The fourth-order valence-electron chi connectivity index (χ4n) is 4.36. The molecule has 0 aliphatic carbocycles. The van der Waals surface area contributed by atoms with E-state index in [1.807, 2.05) is 38.1 Å². The summed E-state index contributed by atoms with van der Waals surface area (Å²) in [5, 5.41) is 22.1. The van der Waals surface area contributed by atoms with Crippen molar-refractivity contribution in [2.75, 3.05) is 36.6 Å². The van der Waals surface area contributed by atoms with Gasteiger partial charge in [-0.05, 0) is 75.6 Å². The minimum absolute atomic E-state index is 0.000170. The zero-order valence-corrected chi connectivity index (χ0v) is 20.3. The van der Waals surface area contributed by atoms with Gasteiger partial charge < -0.3 is 24.8 Å². The van der Waals surface area contributed by atoms with Crippen LogP contribution in [0.4, 0.5) is 17.1 Å². The Morgan fingerprint density at radius 1 is 1.24 bits per heavy atom. The van der Waals surface area contributed by atoms with E-state index in [9.17, 15) is 9.90 Å². The van der Waals surface area contributed by atoms with Gasteiger partial charge in [0, 0.05) is 37.4 Å². The number of rotatable bonds is 11. The zero-order valence-electron chi connectivity index (χ0n) is 20.3. The van der Waals surface area contributed by atoms with Crippen LogP contribution >= 0.6 is 0 Å². The van der Waals surface area contributed by atoms with Crippen LogP contribution in [0, 0.1) is 11.3 Å². The van der Waals surface area contributed by atoms with Crippen molar-refractivity contribution in [3.63, 3.8) is 0 Å². The highest BCUT2D eigenvalue weighted by atomic mass is 16.5. The maximum atomic E-state index is 11.6. The molecule has 2 N–H and O–H groups in total. The van der Waals surface area contributed by atoms with E-state index >= 15 is 0 Å². The SMILES string of the molecule is CCN(c1ccc(C(COC(C)C)CC(=O)O)cc1Nc1ccc(C#N)cc1)C1CCOCC1. The lowest BCUT2D eigenvalue weighted by molar-refractivity contribution is -0.138. The quantitative estimate of drug-likeness (QED) is 0.465. The normalized spacial score (nSPS) is 15.0. The number of nitriles is 1. The fourth-order valence-corrected chi connectivity index (χ4v) is 4.36. The third kappa shape index (κ3) is 6.96. The molecule has 0 radical (unpaired) electrons. The van der Waals surface area contributed by atoms with E-state index in [0.717, 1.165) is 55.2 Å². The highest BCUT2D eigenvalue weighted by Crippen LogP contribution is 2.36. The molecule has 1 fully saturated rings. The molecule has 1 aliphatic rings. The second-order valence-electron chi connectivity index (χ2n) is 8.90. The third-order valence-corrected chi connectivity index (χ3v) is 6.12. The number of carboxylic acids is 1. The van der Waals surface area contributed by atoms with Gasteiger partial charge >= 0.3 is 5.97 Å². The van der Waals surface area contributed by atoms with Gasteiger partial charge in [-0.2, -0.15) is 5.26 Å². The van der Waals surface area contributed by atoms with Crippen LogP contribution < -0.4 is 10.2 Å². The number of ether oxygens (including phenoxy) is 2. The van der Waals surface area contributed by atoms with Gasteiger partial charge in [-0.15, -0.1) is 0 Å². The van der Waals surface area contributed by atoms with Gasteiger partial charge in [0.2, 0.25) is 0 Å². The molecular weight excluding hydrogens is 430 g/mol. The summed E-state index contributed by atoms with van der Waals surface area (Å²) in [4.78, 5) is 14.0. The Kier molecular flexibility index (Phi) is 9.32. The highest BCUT2D eigenvalue weighted by Gasteiger charge is 2.24. The van der Waals surface area contributed by atoms with Gasteiger partial charge in [-0.25, -0.2) is 0 Å². The monoisotopic (exact) mass is 465 g/mol. The number of nitrogens with one attached hydrogen (secondary N) is 1. The van der Waals surface area contributed by atoms with Gasteiger partial charge in [0.15, 0.2) is 0 Å². The lowest BCUT2D eigenvalue weighted by atomic mass is 9.94. The van der Waals surface area contributed by atoms with Crippen molar-refractivity contribution < 1.29 is 19.4 Å². The summed E-state index contributed by atoms with van der Waals surface area (Å²) in [5.74, 6) is -1.10. The number of anilines is 3. The van der Waals surface area contributed by atoms with Crippen LogP contribution in [0.1, 0.15) is 57.1 Å². The number of benzene rings is 2. The minimum atomic E-state index is -0.847. The molecule has 1 atom stereocenters. The number of nitrogens with zero attached hydrogens (tertiary/aromatic N) is 2. The van der Waals surface area contributed by atoms with Gasteiger partial charge in [0.25, 0.3) is 0 Å². The molecule has 7 nitrogen and oxygen atoms in total. The molecular formula is C27H35N3O4. The lowest BCUT2D eigenvalue weighted by Gasteiger charge is -2.37. The maximum Gasteiger partial charge on any atom is 0.304 e. The van der Waals surface area contributed by atoms with Crippen LogP contribution in [0.15, 0.2) is 42.5 Å². The lowest BCUT2D eigenvalue weighted by Crippen LogP contribution is -2.39. The van der Waals surface area contributed by atoms with Gasteiger partial charge in [-0.3, -0.25) is 4.79 Å². The molecule has 1 heterocycles. The van der Waals surface area contributed by atoms with E-state index in [4.69, 9.17) is 14.7 Å². The van der Waals surface area contributed by atoms with Crippen molar-refractivity contribution in [2.24, 2.45) is 0 Å². The van der Waals surface area contributed by atoms with E-state index in [0.29, 0.717) is 18.2 Å². The third-order valence-electron chi connectivity index (χ3n) is 6.12. The molecule has 0 aromatic heterocycles. The van der Waals surface area contributed by atoms with Gasteiger partial charge in [0.05, 0.1) is 42.1 Å². The summed E-state index contributed by atoms with van der Waals surface area (Å²) in [6.07, 6.45) is 1.96. The predicted molar refractivity (Wildman–Crippen MR) is 134 cm³/mol. The smallest absolute Gasteiger partial charge is 0.304 e. The highest BCUT2D eigenvalue weighted by molar-refractivity contribution is 5.77. The van der Waals surface area contributed by atoms with Crippen LogP contribution in [0.3, 0.4) is 0 Å². The molecule has 0 amide bonds. The first kappa shape index (κ1) is 25.5. The zero-order chi connectivity index (χ0) is 24.5. The number of hydrogen-bond acceptors (Lipinski definition) is 6. The molecule has 7 heteroatoms. The predicted octanol–water partition coefficient (Wildman–Crippen LogP) is 5.29. The van der Waals surface area contributed by atoms with Crippen molar-refractivity contribution in [3.8, 4) is 6.07 Å². The minimum Gasteiger partial charge on any atom is -0.481 e. The average Bonchev–Trinajstić information content (AvgIpc) is 2.84. The number of carboxylic acid groups (broad SMARTS) is 1. The Labute approximate surface area is 202 Å². The molecule has 2 aromatic rings. The molecule has 0 saturated carbocycles. The topological polar surface area (TPSA) is 94.8 Å². The fraction of sp³-hybridized carbons (Fsp3) is 0.481. The standard InChI is InChI=1S/C27H35N3O4/c1-4-30(24-11-13-33-14-12-24)26-10-7-21(22(16-27(31)32)18-34-19(2)3)15-25(26)29-23-8-5-20(17-28)6-9-23/h5-10,15,19,22,24,29H,4,11-14,16,18H2,1-3H3,(H,31,32). The molecule has 1 aliphatic heterocycles. The number of aliphatic carboxylic acids is 1. The van der Waals surface area contributed by atoms with Crippen LogP contribution in [0.5, 0.6) is 0 Å². The van der Waals surface area contributed by atoms with Crippen molar-refractivity contribution >= 4 is 23.0 Å². The van der Waals surface area contributed by atoms with E-state index in [1.165, 1.54) is 0 Å². The summed E-state index contributed by atoms with van der Waals surface area (Å²) < 4.78 is 11.4. The van der Waals surface area contributed by atoms with Crippen LogP contribution in [-0.4, -0.2) is 49.6 Å². The second kappa shape index (κ2) is 12.4. The molecule has 3 rings (SSSR count). The Bertz CT molecular complexity index is 978. The summed E-state index contributed by atoms with van der Waals surface area (Å²) in [6.45, 7) is 8.75. The molecule has 1 saturated heterocycles. The summed E-state index contributed by atoms with van der Waals surface area (Å²) in [5.41, 5.74) is 4.38. The summed E-state index contributed by atoms with van der Waals surface area (Å²) >= 11 is 0. The van der Waals surface area contributed by atoms with Crippen LogP contribution in [0.25, 0.3) is 0 Å². The van der Waals surface area contributed by atoms with Crippen molar-refractivity contribution in [3.05, 3.63) is 53.6 Å². The maximum absolute atomic E-state index is 11.6. The Morgan fingerprint density at radius 2 is 1.94 bits per heavy atom. The van der Waals surface area contributed by atoms with Crippen molar-refractivity contribution in [1.29, 1.82) is 5.26 Å². The first-order valence-electron chi connectivity index (χ1n) is 12.0.